The molecule has 0 saturated heterocycles. The smallest absolute Gasteiger partial charge is 0.338 e. The first-order chi connectivity index (χ1) is 9.79. The van der Waals surface area contributed by atoms with Crippen molar-refractivity contribution in [1.29, 1.82) is 0 Å². The molecule has 5 heteroatoms. The summed E-state index contributed by atoms with van der Waals surface area (Å²) in [5.74, 6) is -1.53. The van der Waals surface area contributed by atoms with E-state index in [1.165, 1.54) is 0 Å². The highest BCUT2D eigenvalue weighted by Crippen LogP contribution is 2.10. The van der Waals surface area contributed by atoms with Crippen LogP contribution in [0.25, 0.3) is 0 Å². The zero-order valence-corrected chi connectivity index (χ0v) is 13.0. The molecule has 0 aliphatic carbocycles. The summed E-state index contributed by atoms with van der Waals surface area (Å²) >= 11 is 0. The predicted molar refractivity (Wildman–Crippen MR) is 80.1 cm³/mol. The van der Waals surface area contributed by atoms with Crippen LogP contribution in [-0.2, 0) is 16.1 Å². The summed E-state index contributed by atoms with van der Waals surface area (Å²) in [4.78, 5) is 24.5. The highest BCUT2D eigenvalue weighted by Gasteiger charge is 2.14. The number of carboxylic acids is 1. The second kappa shape index (κ2) is 7.78. The molecule has 0 aliphatic heterocycles. The fraction of sp³-hybridized carbons (Fsp3) is 0.500. The summed E-state index contributed by atoms with van der Waals surface area (Å²) in [5, 5.41) is 8.89. The molecule has 0 bridgehead atoms. The van der Waals surface area contributed by atoms with Crippen LogP contribution in [0.15, 0.2) is 24.3 Å². The molecule has 1 unspecified atom stereocenters. The first kappa shape index (κ1) is 17.2. The SMILES string of the molecule is CC(C)OC(=O)c1ccc(CN(C)CC(C)C(=O)O)cc1. The van der Waals surface area contributed by atoms with Crippen molar-refractivity contribution in [1.82, 2.24) is 4.90 Å². The van der Waals surface area contributed by atoms with Gasteiger partial charge >= 0.3 is 11.9 Å². The van der Waals surface area contributed by atoms with Crippen LogP contribution < -0.4 is 0 Å². The van der Waals surface area contributed by atoms with Crippen molar-refractivity contribution in [2.45, 2.75) is 33.4 Å². The number of esters is 1. The van der Waals surface area contributed by atoms with Crippen molar-refractivity contribution in [2.75, 3.05) is 13.6 Å². The van der Waals surface area contributed by atoms with E-state index in [2.05, 4.69) is 0 Å². The van der Waals surface area contributed by atoms with Gasteiger partial charge in [-0.3, -0.25) is 4.79 Å². The largest absolute Gasteiger partial charge is 0.481 e. The summed E-state index contributed by atoms with van der Waals surface area (Å²) in [5.41, 5.74) is 1.55. The summed E-state index contributed by atoms with van der Waals surface area (Å²) < 4.78 is 5.12. The van der Waals surface area contributed by atoms with E-state index in [1.807, 2.05) is 37.9 Å². The highest BCUT2D eigenvalue weighted by molar-refractivity contribution is 5.89. The normalized spacial score (nSPS) is 12.5. The summed E-state index contributed by atoms with van der Waals surface area (Å²) in [7, 11) is 1.88. The number of rotatable bonds is 7. The van der Waals surface area contributed by atoms with Crippen molar-refractivity contribution in [3.8, 4) is 0 Å². The summed E-state index contributed by atoms with van der Waals surface area (Å²) in [6.45, 7) is 6.42. The summed E-state index contributed by atoms with van der Waals surface area (Å²) in [6, 6.07) is 7.18. The van der Waals surface area contributed by atoms with Crippen LogP contribution in [0.5, 0.6) is 0 Å². The molecule has 1 rings (SSSR count). The first-order valence-electron chi connectivity index (χ1n) is 7.01. The second-order valence-electron chi connectivity index (χ2n) is 5.59. The molecule has 0 saturated carbocycles. The average molecular weight is 293 g/mol. The van der Waals surface area contributed by atoms with Gasteiger partial charge in [-0.15, -0.1) is 0 Å². The van der Waals surface area contributed by atoms with Crippen LogP contribution in [0.3, 0.4) is 0 Å². The van der Waals surface area contributed by atoms with Crippen molar-refractivity contribution in [2.24, 2.45) is 5.92 Å². The van der Waals surface area contributed by atoms with Crippen LogP contribution in [0.2, 0.25) is 0 Å². The Kier molecular flexibility index (Phi) is 6.37. The van der Waals surface area contributed by atoms with E-state index >= 15 is 0 Å². The summed E-state index contributed by atoms with van der Waals surface area (Å²) in [6.07, 6.45) is -0.138. The molecule has 0 heterocycles. The monoisotopic (exact) mass is 293 g/mol. The number of hydrogen-bond donors (Lipinski definition) is 1. The minimum absolute atomic E-state index is 0.138. The van der Waals surface area contributed by atoms with Gasteiger partial charge < -0.3 is 14.7 Å². The molecule has 0 aliphatic rings. The molecule has 1 atom stereocenters. The Morgan fingerprint density at radius 2 is 1.76 bits per heavy atom. The molecule has 0 spiro atoms. The predicted octanol–water partition coefficient (Wildman–Crippen LogP) is 2.40. The number of hydrogen-bond acceptors (Lipinski definition) is 4. The Labute approximate surface area is 125 Å². The van der Waals surface area contributed by atoms with Crippen LogP contribution in [-0.4, -0.2) is 41.6 Å². The van der Waals surface area contributed by atoms with Crippen LogP contribution in [0, 0.1) is 5.92 Å². The number of carboxylic acid groups (broad SMARTS) is 1. The highest BCUT2D eigenvalue weighted by atomic mass is 16.5. The van der Waals surface area contributed by atoms with Crippen molar-refractivity contribution >= 4 is 11.9 Å². The lowest BCUT2D eigenvalue weighted by atomic mass is 10.1. The zero-order chi connectivity index (χ0) is 16.0. The number of ether oxygens (including phenoxy) is 1. The van der Waals surface area contributed by atoms with E-state index in [0.29, 0.717) is 18.7 Å². The molecule has 0 aromatic heterocycles. The molecule has 0 fully saturated rings. The lowest BCUT2D eigenvalue weighted by molar-refractivity contribution is -0.141. The van der Waals surface area contributed by atoms with E-state index < -0.39 is 11.9 Å². The topological polar surface area (TPSA) is 66.8 Å². The fourth-order valence-corrected chi connectivity index (χ4v) is 1.95. The quantitative estimate of drug-likeness (QED) is 0.782. The molecule has 21 heavy (non-hydrogen) atoms. The lowest BCUT2D eigenvalue weighted by Gasteiger charge is -2.19. The minimum atomic E-state index is -0.798. The molecule has 0 amide bonds. The van der Waals surface area contributed by atoms with Gasteiger partial charge in [0.05, 0.1) is 17.6 Å². The van der Waals surface area contributed by atoms with Crippen molar-refractivity contribution in [3.05, 3.63) is 35.4 Å². The van der Waals surface area contributed by atoms with Crippen molar-refractivity contribution in [3.63, 3.8) is 0 Å². The number of aliphatic carboxylic acids is 1. The average Bonchev–Trinajstić information content (AvgIpc) is 2.38. The van der Waals surface area contributed by atoms with Gasteiger partial charge in [0.25, 0.3) is 0 Å². The number of carbonyl (C=O) groups is 2. The Morgan fingerprint density at radius 1 is 1.19 bits per heavy atom. The Bertz CT molecular complexity index is 482. The van der Waals surface area contributed by atoms with Gasteiger partial charge in [0, 0.05) is 13.1 Å². The third-order valence-electron chi connectivity index (χ3n) is 2.99. The third kappa shape index (κ3) is 5.95. The maximum absolute atomic E-state index is 11.7. The Balaban J connectivity index is 2.58. The van der Waals surface area contributed by atoms with E-state index in [-0.39, 0.29) is 12.1 Å². The van der Waals surface area contributed by atoms with Gasteiger partial charge in [0.2, 0.25) is 0 Å². The van der Waals surface area contributed by atoms with Gasteiger partial charge in [0.15, 0.2) is 0 Å². The maximum atomic E-state index is 11.7. The van der Waals surface area contributed by atoms with Gasteiger partial charge in [-0.25, -0.2) is 4.79 Å². The third-order valence-corrected chi connectivity index (χ3v) is 2.99. The van der Waals surface area contributed by atoms with E-state index in [1.54, 1.807) is 19.1 Å². The van der Waals surface area contributed by atoms with Crippen LogP contribution in [0.4, 0.5) is 0 Å². The Morgan fingerprint density at radius 3 is 2.24 bits per heavy atom. The molecule has 1 aromatic rings. The van der Waals surface area contributed by atoms with E-state index in [4.69, 9.17) is 9.84 Å². The van der Waals surface area contributed by atoms with E-state index in [0.717, 1.165) is 5.56 Å². The molecular formula is C16H23NO4. The van der Waals surface area contributed by atoms with Gasteiger partial charge in [-0.05, 0) is 38.6 Å². The fourth-order valence-electron chi connectivity index (χ4n) is 1.95. The molecule has 1 N–H and O–H groups in total. The molecular weight excluding hydrogens is 270 g/mol. The van der Waals surface area contributed by atoms with Gasteiger partial charge in [-0.1, -0.05) is 19.1 Å². The number of carbonyl (C=O) groups excluding carboxylic acids is 1. The van der Waals surface area contributed by atoms with Crippen LogP contribution >= 0.6 is 0 Å². The van der Waals surface area contributed by atoms with Gasteiger partial charge in [0.1, 0.15) is 0 Å². The van der Waals surface area contributed by atoms with Crippen molar-refractivity contribution < 1.29 is 19.4 Å². The molecule has 0 radical (unpaired) electrons. The maximum Gasteiger partial charge on any atom is 0.338 e. The zero-order valence-electron chi connectivity index (χ0n) is 13.0. The lowest BCUT2D eigenvalue weighted by Crippen LogP contribution is -2.28. The Hall–Kier alpha value is -1.88. The molecule has 5 nitrogen and oxygen atoms in total. The molecule has 116 valence electrons. The number of nitrogens with zero attached hydrogens (tertiary/aromatic N) is 1. The van der Waals surface area contributed by atoms with Crippen LogP contribution in [0.1, 0.15) is 36.7 Å². The molecule has 1 aromatic carbocycles. The standard InChI is InChI=1S/C16H23NO4/c1-11(2)21-16(20)14-7-5-13(6-8-14)10-17(4)9-12(3)15(18)19/h5-8,11-12H,9-10H2,1-4H3,(H,18,19). The van der Waals surface area contributed by atoms with Gasteiger partial charge in [-0.2, -0.15) is 0 Å². The minimum Gasteiger partial charge on any atom is -0.481 e. The first-order valence-corrected chi connectivity index (χ1v) is 7.01. The number of benzene rings is 1. The van der Waals surface area contributed by atoms with E-state index in [9.17, 15) is 9.59 Å². The second-order valence-corrected chi connectivity index (χ2v) is 5.59.